The van der Waals surface area contributed by atoms with Gasteiger partial charge in [-0.05, 0) is 50.1 Å². The zero-order valence-corrected chi connectivity index (χ0v) is 15.8. The Hall–Kier alpha value is -2.33. The highest BCUT2D eigenvalue weighted by atomic mass is 16.5. The third kappa shape index (κ3) is 4.44. The largest absolute Gasteiger partial charge is 0.372 e. The van der Waals surface area contributed by atoms with Crippen LogP contribution in [0.1, 0.15) is 38.7 Å². The van der Waals surface area contributed by atoms with Crippen molar-refractivity contribution in [3.8, 4) is 0 Å². The Kier molecular flexibility index (Phi) is 5.94. The zero-order chi connectivity index (χ0) is 18.5. The van der Waals surface area contributed by atoms with E-state index in [2.05, 4.69) is 36.2 Å². The summed E-state index contributed by atoms with van der Waals surface area (Å²) in [5.41, 5.74) is 3.06. The monoisotopic (exact) mass is 352 g/mol. The van der Waals surface area contributed by atoms with Crippen molar-refractivity contribution in [2.45, 2.75) is 45.3 Å². The van der Waals surface area contributed by atoms with Crippen LogP contribution in [0.4, 0.5) is 11.4 Å². The maximum Gasteiger partial charge on any atom is 0.231 e. The topological polar surface area (TPSA) is 41.6 Å². The molecule has 2 aromatic carbocycles. The first-order valence-electron chi connectivity index (χ1n) is 9.43. The van der Waals surface area contributed by atoms with Gasteiger partial charge in [0.15, 0.2) is 0 Å². The van der Waals surface area contributed by atoms with Crippen molar-refractivity contribution in [3.63, 3.8) is 0 Å². The molecule has 3 unspecified atom stereocenters. The molecular formula is C22H28N2O2. The summed E-state index contributed by atoms with van der Waals surface area (Å²) in [7, 11) is 0. The first kappa shape index (κ1) is 18.5. The summed E-state index contributed by atoms with van der Waals surface area (Å²) in [6, 6.07) is 18.1. The van der Waals surface area contributed by atoms with Gasteiger partial charge in [-0.15, -0.1) is 0 Å². The SMILES string of the molecule is CCC(C(=O)Nc1ccc(N2CC(C)OC(C)C2)cc1)c1ccccc1. The van der Waals surface area contributed by atoms with Gasteiger partial charge in [-0.2, -0.15) is 0 Å². The number of hydrogen-bond acceptors (Lipinski definition) is 3. The summed E-state index contributed by atoms with van der Waals surface area (Å²) < 4.78 is 5.80. The molecule has 3 rings (SSSR count). The fourth-order valence-corrected chi connectivity index (χ4v) is 3.63. The van der Waals surface area contributed by atoms with Gasteiger partial charge in [-0.1, -0.05) is 37.3 Å². The highest BCUT2D eigenvalue weighted by molar-refractivity contribution is 5.95. The van der Waals surface area contributed by atoms with Crippen LogP contribution in [-0.2, 0) is 9.53 Å². The molecule has 0 radical (unpaired) electrons. The fraction of sp³-hybridized carbons (Fsp3) is 0.409. The standard InChI is InChI=1S/C22H28N2O2/c1-4-21(18-8-6-5-7-9-18)22(25)23-19-10-12-20(13-11-19)24-14-16(2)26-17(3)15-24/h5-13,16-17,21H,4,14-15H2,1-3H3,(H,23,25). The van der Waals surface area contributed by atoms with Crippen LogP contribution in [0.5, 0.6) is 0 Å². The van der Waals surface area contributed by atoms with Gasteiger partial charge in [-0.25, -0.2) is 0 Å². The quantitative estimate of drug-likeness (QED) is 0.865. The van der Waals surface area contributed by atoms with E-state index in [1.165, 1.54) is 5.69 Å². The van der Waals surface area contributed by atoms with Gasteiger partial charge in [0, 0.05) is 24.5 Å². The summed E-state index contributed by atoms with van der Waals surface area (Å²) in [5, 5.41) is 3.06. The molecule has 2 aromatic rings. The number of nitrogens with zero attached hydrogens (tertiary/aromatic N) is 1. The Balaban J connectivity index is 1.66. The molecule has 0 saturated carbocycles. The van der Waals surface area contributed by atoms with E-state index in [1.54, 1.807) is 0 Å². The second kappa shape index (κ2) is 8.37. The van der Waals surface area contributed by atoms with Crippen LogP contribution in [0.3, 0.4) is 0 Å². The molecule has 0 aromatic heterocycles. The van der Waals surface area contributed by atoms with Crippen molar-refractivity contribution >= 4 is 17.3 Å². The van der Waals surface area contributed by atoms with E-state index >= 15 is 0 Å². The number of carbonyl (C=O) groups excluding carboxylic acids is 1. The van der Waals surface area contributed by atoms with Gasteiger partial charge in [0.05, 0.1) is 18.1 Å². The molecule has 1 N–H and O–H groups in total. The molecule has 1 aliphatic heterocycles. The molecule has 1 fully saturated rings. The number of carbonyl (C=O) groups is 1. The van der Waals surface area contributed by atoms with E-state index < -0.39 is 0 Å². The average molecular weight is 352 g/mol. The number of nitrogens with one attached hydrogen (secondary N) is 1. The van der Waals surface area contributed by atoms with Crippen LogP contribution in [0.15, 0.2) is 54.6 Å². The molecule has 1 amide bonds. The number of ether oxygens (including phenoxy) is 1. The first-order chi connectivity index (χ1) is 12.6. The second-order valence-corrected chi connectivity index (χ2v) is 7.07. The Morgan fingerprint density at radius 1 is 1.08 bits per heavy atom. The molecule has 4 nitrogen and oxygen atoms in total. The molecule has 138 valence electrons. The molecule has 3 atom stereocenters. The van der Waals surface area contributed by atoms with Gasteiger partial charge in [0.25, 0.3) is 0 Å². The Morgan fingerprint density at radius 2 is 1.69 bits per heavy atom. The number of hydrogen-bond donors (Lipinski definition) is 1. The molecule has 4 heteroatoms. The van der Waals surface area contributed by atoms with E-state index in [4.69, 9.17) is 4.74 Å². The Morgan fingerprint density at radius 3 is 2.27 bits per heavy atom. The smallest absolute Gasteiger partial charge is 0.231 e. The highest BCUT2D eigenvalue weighted by Crippen LogP contribution is 2.24. The van der Waals surface area contributed by atoms with Crippen molar-refractivity contribution in [1.29, 1.82) is 0 Å². The maximum atomic E-state index is 12.7. The normalized spacial score (nSPS) is 21.3. The molecule has 0 bridgehead atoms. The lowest BCUT2D eigenvalue weighted by molar-refractivity contribution is -0.117. The summed E-state index contributed by atoms with van der Waals surface area (Å²) in [5.74, 6) is -0.0862. The van der Waals surface area contributed by atoms with Crippen LogP contribution >= 0.6 is 0 Å². The average Bonchev–Trinajstić information content (AvgIpc) is 2.63. The minimum Gasteiger partial charge on any atom is -0.372 e. The number of rotatable bonds is 5. The lowest BCUT2D eigenvalue weighted by Gasteiger charge is -2.36. The maximum absolute atomic E-state index is 12.7. The van der Waals surface area contributed by atoms with Crippen molar-refractivity contribution in [2.24, 2.45) is 0 Å². The minimum absolute atomic E-state index is 0.0417. The molecule has 0 aliphatic carbocycles. The number of amides is 1. The van der Waals surface area contributed by atoms with Crippen molar-refractivity contribution in [1.82, 2.24) is 0 Å². The summed E-state index contributed by atoms with van der Waals surface area (Å²) in [6.45, 7) is 8.03. The summed E-state index contributed by atoms with van der Waals surface area (Å²) in [4.78, 5) is 15.0. The molecule has 26 heavy (non-hydrogen) atoms. The first-order valence-corrected chi connectivity index (χ1v) is 9.43. The van der Waals surface area contributed by atoms with Crippen LogP contribution in [0.25, 0.3) is 0 Å². The molecular weight excluding hydrogens is 324 g/mol. The van der Waals surface area contributed by atoms with Gasteiger partial charge in [0.1, 0.15) is 0 Å². The second-order valence-electron chi connectivity index (χ2n) is 7.07. The van der Waals surface area contributed by atoms with Crippen molar-refractivity contribution < 1.29 is 9.53 Å². The molecule has 1 heterocycles. The lowest BCUT2D eigenvalue weighted by atomic mass is 9.95. The van der Waals surface area contributed by atoms with Crippen LogP contribution in [0, 0.1) is 0 Å². The van der Waals surface area contributed by atoms with Crippen LogP contribution < -0.4 is 10.2 Å². The predicted octanol–water partition coefficient (Wildman–Crippen LogP) is 4.43. The van der Waals surface area contributed by atoms with Gasteiger partial charge >= 0.3 is 0 Å². The van der Waals surface area contributed by atoms with Gasteiger partial charge < -0.3 is 15.0 Å². The number of anilines is 2. The van der Waals surface area contributed by atoms with E-state index in [1.807, 2.05) is 49.4 Å². The predicted molar refractivity (Wildman–Crippen MR) is 107 cm³/mol. The molecule has 1 saturated heterocycles. The number of morpholine rings is 1. The molecule has 1 aliphatic rings. The molecule has 0 spiro atoms. The zero-order valence-electron chi connectivity index (χ0n) is 15.8. The third-order valence-corrected chi connectivity index (χ3v) is 4.85. The van der Waals surface area contributed by atoms with Crippen molar-refractivity contribution in [2.75, 3.05) is 23.3 Å². The van der Waals surface area contributed by atoms with Gasteiger partial charge in [-0.3, -0.25) is 4.79 Å². The van der Waals surface area contributed by atoms with Crippen LogP contribution in [-0.4, -0.2) is 31.2 Å². The van der Waals surface area contributed by atoms with Gasteiger partial charge in [0.2, 0.25) is 5.91 Å². The fourth-order valence-electron chi connectivity index (χ4n) is 3.63. The summed E-state index contributed by atoms with van der Waals surface area (Å²) >= 11 is 0. The summed E-state index contributed by atoms with van der Waals surface area (Å²) in [6.07, 6.45) is 1.24. The van der Waals surface area contributed by atoms with E-state index in [0.717, 1.165) is 30.8 Å². The minimum atomic E-state index is -0.128. The van der Waals surface area contributed by atoms with Crippen LogP contribution in [0.2, 0.25) is 0 Å². The number of benzene rings is 2. The van der Waals surface area contributed by atoms with E-state index in [9.17, 15) is 4.79 Å². The Labute approximate surface area is 156 Å². The Bertz CT molecular complexity index is 705. The highest BCUT2D eigenvalue weighted by Gasteiger charge is 2.22. The van der Waals surface area contributed by atoms with E-state index in [0.29, 0.717) is 0 Å². The lowest BCUT2D eigenvalue weighted by Crippen LogP contribution is -2.45. The van der Waals surface area contributed by atoms with E-state index in [-0.39, 0.29) is 24.0 Å². The van der Waals surface area contributed by atoms with Crippen molar-refractivity contribution in [3.05, 3.63) is 60.2 Å². The third-order valence-electron chi connectivity index (χ3n) is 4.85.